The van der Waals surface area contributed by atoms with E-state index in [-0.39, 0.29) is 24.1 Å². The van der Waals surface area contributed by atoms with E-state index in [2.05, 4.69) is 15.1 Å². The highest BCUT2D eigenvalue weighted by atomic mass is 35.5. The van der Waals surface area contributed by atoms with Crippen LogP contribution in [0.3, 0.4) is 0 Å². The van der Waals surface area contributed by atoms with Gasteiger partial charge in [-0.1, -0.05) is 12.1 Å². The third-order valence-corrected chi connectivity index (χ3v) is 5.63. The molecular weight excluding hydrogens is 477 g/mol. The summed E-state index contributed by atoms with van der Waals surface area (Å²) in [6, 6.07) is 7.70. The second-order valence-electron chi connectivity index (χ2n) is 7.75. The van der Waals surface area contributed by atoms with E-state index in [4.69, 9.17) is 21.1 Å². The Balaban J connectivity index is 1.47. The first-order valence-electron chi connectivity index (χ1n) is 10.3. The molecule has 1 aromatic carbocycles. The summed E-state index contributed by atoms with van der Waals surface area (Å²) in [7, 11) is 0. The fraction of sp³-hybridized carbons (Fsp3) is 0.333. The number of nitrogens with zero attached hydrogens (tertiary/aromatic N) is 6. The zero-order valence-electron chi connectivity index (χ0n) is 17.8. The quantitative estimate of drug-likeness (QED) is 0.396. The van der Waals surface area contributed by atoms with E-state index in [0.717, 1.165) is 11.6 Å². The van der Waals surface area contributed by atoms with E-state index >= 15 is 0 Å². The molecule has 3 aromatic heterocycles. The Labute approximate surface area is 195 Å². The standard InChI is InChI=1S/C21H18ClF3N6O3/c1-12-8-16(21(23,24)25)28-31(12)14-4-2-13(3-5-14)10-30-18-15(9-26-19(22)27-18)29(20(30)32)11-17-33-6-7-34-17/h2-5,8-9,17H,6-7,10-11H2,1H3. The molecule has 1 aliphatic rings. The number of imidazole rings is 1. The van der Waals surface area contributed by atoms with Crippen molar-refractivity contribution in [1.29, 1.82) is 0 Å². The van der Waals surface area contributed by atoms with Crippen molar-refractivity contribution in [3.8, 4) is 5.69 Å². The van der Waals surface area contributed by atoms with E-state index in [1.54, 1.807) is 31.2 Å². The molecule has 4 heterocycles. The summed E-state index contributed by atoms with van der Waals surface area (Å²) in [5.74, 6) is 0. The van der Waals surface area contributed by atoms with Gasteiger partial charge in [0.2, 0.25) is 5.28 Å². The lowest BCUT2D eigenvalue weighted by Crippen LogP contribution is -2.29. The van der Waals surface area contributed by atoms with Gasteiger partial charge in [0.25, 0.3) is 0 Å². The molecule has 0 spiro atoms. The van der Waals surface area contributed by atoms with Crippen LogP contribution in [0.15, 0.2) is 41.3 Å². The van der Waals surface area contributed by atoms with Gasteiger partial charge >= 0.3 is 11.9 Å². The molecular formula is C21H18ClF3N6O3. The summed E-state index contributed by atoms with van der Waals surface area (Å²) in [4.78, 5) is 21.4. The SMILES string of the molecule is Cc1cc(C(F)(F)F)nn1-c1ccc(Cn2c(=O)n(CC3OCCO3)c3cnc(Cl)nc32)cc1. The highest BCUT2D eigenvalue weighted by Crippen LogP contribution is 2.29. The number of hydrogen-bond acceptors (Lipinski definition) is 6. The molecule has 9 nitrogen and oxygen atoms in total. The van der Waals surface area contributed by atoms with Gasteiger partial charge in [0.05, 0.1) is 38.2 Å². The Bertz CT molecular complexity index is 1400. The molecule has 0 N–H and O–H groups in total. The maximum atomic E-state index is 13.2. The van der Waals surface area contributed by atoms with Crippen LogP contribution >= 0.6 is 11.6 Å². The zero-order valence-corrected chi connectivity index (χ0v) is 18.5. The zero-order chi connectivity index (χ0) is 24.0. The minimum absolute atomic E-state index is 0.00302. The van der Waals surface area contributed by atoms with Crippen molar-refractivity contribution in [2.24, 2.45) is 0 Å². The lowest BCUT2D eigenvalue weighted by molar-refractivity contribution is -0.141. The van der Waals surface area contributed by atoms with Gasteiger partial charge in [-0.15, -0.1) is 0 Å². The lowest BCUT2D eigenvalue weighted by Gasteiger charge is -2.09. The van der Waals surface area contributed by atoms with Crippen LogP contribution < -0.4 is 5.69 Å². The molecule has 34 heavy (non-hydrogen) atoms. The summed E-state index contributed by atoms with van der Waals surface area (Å²) in [5, 5.41) is 3.66. The number of fused-ring (bicyclic) bond motifs is 1. The van der Waals surface area contributed by atoms with Gasteiger partial charge in [0.15, 0.2) is 17.6 Å². The van der Waals surface area contributed by atoms with Gasteiger partial charge in [0.1, 0.15) is 5.52 Å². The number of halogens is 4. The van der Waals surface area contributed by atoms with Crippen molar-refractivity contribution in [3.05, 3.63) is 69.2 Å². The molecule has 178 valence electrons. The Kier molecular flexibility index (Phi) is 5.66. The highest BCUT2D eigenvalue weighted by Gasteiger charge is 2.34. The second-order valence-corrected chi connectivity index (χ2v) is 8.08. The number of benzene rings is 1. The van der Waals surface area contributed by atoms with Crippen molar-refractivity contribution >= 4 is 22.8 Å². The number of ether oxygens (including phenoxy) is 2. The number of aryl methyl sites for hydroxylation is 1. The monoisotopic (exact) mass is 494 g/mol. The third-order valence-electron chi connectivity index (χ3n) is 5.45. The number of rotatable bonds is 5. The second kappa shape index (κ2) is 8.53. The smallest absolute Gasteiger partial charge is 0.348 e. The number of alkyl halides is 3. The van der Waals surface area contributed by atoms with Crippen molar-refractivity contribution in [3.63, 3.8) is 0 Å². The van der Waals surface area contributed by atoms with Crippen LogP contribution in [0.2, 0.25) is 5.28 Å². The summed E-state index contributed by atoms with van der Waals surface area (Å²) in [5.41, 5.74) is 1.08. The average molecular weight is 495 g/mol. The lowest BCUT2D eigenvalue weighted by atomic mass is 10.2. The van der Waals surface area contributed by atoms with E-state index < -0.39 is 18.2 Å². The van der Waals surface area contributed by atoms with Gasteiger partial charge in [-0.2, -0.15) is 23.3 Å². The van der Waals surface area contributed by atoms with Gasteiger partial charge < -0.3 is 9.47 Å². The van der Waals surface area contributed by atoms with Crippen molar-refractivity contribution in [1.82, 2.24) is 28.9 Å². The molecule has 1 aliphatic heterocycles. The first-order chi connectivity index (χ1) is 16.2. The van der Waals surface area contributed by atoms with E-state index in [1.165, 1.54) is 20.0 Å². The summed E-state index contributed by atoms with van der Waals surface area (Å²) in [6.45, 7) is 2.78. The van der Waals surface area contributed by atoms with Crippen LogP contribution in [0.5, 0.6) is 0 Å². The van der Waals surface area contributed by atoms with Crippen LogP contribution in [0.1, 0.15) is 17.0 Å². The molecule has 0 unspecified atom stereocenters. The van der Waals surface area contributed by atoms with Gasteiger partial charge in [0, 0.05) is 5.69 Å². The summed E-state index contributed by atoms with van der Waals surface area (Å²) < 4.78 is 54.0. The van der Waals surface area contributed by atoms with Gasteiger partial charge in [-0.05, 0) is 42.3 Å². The van der Waals surface area contributed by atoms with Crippen LogP contribution in [-0.2, 0) is 28.7 Å². The van der Waals surface area contributed by atoms with Crippen LogP contribution in [0.4, 0.5) is 13.2 Å². The van der Waals surface area contributed by atoms with Crippen molar-refractivity contribution in [2.45, 2.75) is 32.5 Å². The summed E-state index contributed by atoms with van der Waals surface area (Å²) >= 11 is 5.98. The van der Waals surface area contributed by atoms with E-state index in [0.29, 0.717) is 35.8 Å². The Hall–Kier alpha value is -3.22. The Morgan fingerprint density at radius 3 is 2.50 bits per heavy atom. The molecule has 0 saturated carbocycles. The van der Waals surface area contributed by atoms with Crippen molar-refractivity contribution in [2.75, 3.05) is 13.2 Å². The predicted octanol–water partition coefficient (Wildman–Crippen LogP) is 3.18. The molecule has 0 aliphatic carbocycles. The van der Waals surface area contributed by atoms with Gasteiger partial charge in [-0.25, -0.2) is 14.5 Å². The minimum Gasteiger partial charge on any atom is -0.348 e. The van der Waals surface area contributed by atoms with Crippen molar-refractivity contribution < 1.29 is 22.6 Å². The molecule has 1 saturated heterocycles. The maximum Gasteiger partial charge on any atom is 0.435 e. The summed E-state index contributed by atoms with van der Waals surface area (Å²) in [6.07, 6.45) is -3.60. The highest BCUT2D eigenvalue weighted by molar-refractivity contribution is 6.28. The van der Waals surface area contributed by atoms with Gasteiger partial charge in [-0.3, -0.25) is 9.13 Å². The van der Waals surface area contributed by atoms with E-state index in [1.807, 2.05) is 0 Å². The number of aromatic nitrogens is 6. The average Bonchev–Trinajstić information content (AvgIpc) is 3.50. The fourth-order valence-electron chi connectivity index (χ4n) is 3.85. The molecule has 0 atom stereocenters. The Morgan fingerprint density at radius 2 is 1.85 bits per heavy atom. The maximum absolute atomic E-state index is 13.2. The third kappa shape index (κ3) is 4.19. The van der Waals surface area contributed by atoms with Crippen LogP contribution in [0, 0.1) is 6.92 Å². The molecule has 13 heteroatoms. The molecule has 0 bridgehead atoms. The minimum atomic E-state index is -4.52. The largest absolute Gasteiger partial charge is 0.435 e. The number of hydrogen-bond donors (Lipinski definition) is 0. The Morgan fingerprint density at radius 1 is 1.15 bits per heavy atom. The first-order valence-corrected chi connectivity index (χ1v) is 10.7. The molecule has 0 radical (unpaired) electrons. The molecule has 1 fully saturated rings. The predicted molar refractivity (Wildman–Crippen MR) is 115 cm³/mol. The fourth-order valence-corrected chi connectivity index (χ4v) is 3.98. The molecule has 4 aromatic rings. The van der Waals surface area contributed by atoms with Crippen LogP contribution in [0.25, 0.3) is 16.9 Å². The normalized spacial score (nSPS) is 15.0. The first kappa shape index (κ1) is 22.6. The topological polar surface area (TPSA) is 89.0 Å². The molecule has 5 rings (SSSR count). The molecule has 0 amide bonds. The van der Waals surface area contributed by atoms with E-state index in [9.17, 15) is 18.0 Å². The van der Waals surface area contributed by atoms with Crippen LogP contribution in [-0.4, -0.2) is 48.4 Å².